The van der Waals surface area contributed by atoms with Crippen LogP contribution in [-0.2, 0) is 6.18 Å². The molecule has 0 spiro atoms. The molecule has 1 amide bonds. The molecule has 30 heavy (non-hydrogen) atoms. The molecule has 0 fully saturated rings. The average molecular weight is 418 g/mol. The van der Waals surface area contributed by atoms with Crippen molar-refractivity contribution < 1.29 is 27.9 Å². The summed E-state index contributed by atoms with van der Waals surface area (Å²) in [5.41, 5.74) is 6.52. The zero-order valence-corrected chi connectivity index (χ0v) is 16.6. The molecule has 0 saturated carbocycles. The Morgan fingerprint density at radius 2 is 1.60 bits per heavy atom. The summed E-state index contributed by atoms with van der Waals surface area (Å²) >= 11 is 0. The fourth-order valence-electron chi connectivity index (χ4n) is 3.06. The van der Waals surface area contributed by atoms with Gasteiger partial charge in [-0.2, -0.15) is 13.2 Å². The van der Waals surface area contributed by atoms with Crippen LogP contribution in [0.25, 0.3) is 5.69 Å². The second-order valence-corrected chi connectivity index (χ2v) is 6.67. The number of carboxylic acids is 1. The number of nitrogens with zero attached hydrogens (tertiary/aromatic N) is 1. The minimum atomic E-state index is -4.50. The number of halogens is 3. The first-order valence-electron chi connectivity index (χ1n) is 8.88. The molecule has 2 aromatic carbocycles. The van der Waals surface area contributed by atoms with Crippen molar-refractivity contribution in [2.24, 2.45) is 5.73 Å². The number of carboxylic acid groups (broad SMARTS) is 1. The van der Waals surface area contributed by atoms with E-state index in [2.05, 4.69) is 0 Å². The van der Waals surface area contributed by atoms with E-state index < -0.39 is 17.7 Å². The van der Waals surface area contributed by atoms with Crippen molar-refractivity contribution in [1.82, 2.24) is 4.57 Å². The van der Waals surface area contributed by atoms with Crippen molar-refractivity contribution in [3.63, 3.8) is 0 Å². The number of para-hydroxylation sites is 1. The maximum Gasteiger partial charge on any atom is 0.418 e. The van der Waals surface area contributed by atoms with Gasteiger partial charge in [0.05, 0.1) is 16.8 Å². The molecule has 3 rings (SSSR count). The molecule has 0 saturated heterocycles. The first-order chi connectivity index (χ1) is 13.9. The van der Waals surface area contributed by atoms with E-state index in [1.807, 2.05) is 19.1 Å². The molecule has 0 aliphatic rings. The maximum atomic E-state index is 13.0. The molecule has 158 valence electrons. The first kappa shape index (κ1) is 22.7. The Hall–Kier alpha value is -3.55. The standard InChI is InChI=1S/C14H12F3NO2.C8H9NO/c1-8-7-10(13(19)20)9(2)18(8)12-6-4-3-5-11(12)14(15,16)17;1-6-3-2-4-7(5-6)8(9)10/h3-7H,1-2H3,(H,19,20);2-5H,1H3,(H2,9,10). The zero-order chi connectivity index (χ0) is 22.6. The molecule has 0 aliphatic carbocycles. The number of carbonyl (C=O) groups is 2. The smallest absolute Gasteiger partial charge is 0.418 e. The van der Waals surface area contributed by atoms with Crippen molar-refractivity contribution >= 4 is 11.9 Å². The normalized spacial score (nSPS) is 10.9. The number of rotatable bonds is 3. The van der Waals surface area contributed by atoms with Crippen LogP contribution < -0.4 is 5.73 Å². The fourth-order valence-corrected chi connectivity index (χ4v) is 3.06. The van der Waals surface area contributed by atoms with Crippen molar-refractivity contribution in [1.29, 1.82) is 0 Å². The lowest BCUT2D eigenvalue weighted by atomic mass is 10.1. The number of hydrogen-bond donors (Lipinski definition) is 2. The molecule has 3 N–H and O–H groups in total. The Morgan fingerprint density at radius 1 is 0.967 bits per heavy atom. The molecule has 0 atom stereocenters. The summed E-state index contributed by atoms with van der Waals surface area (Å²) in [4.78, 5) is 21.6. The van der Waals surface area contributed by atoms with E-state index in [4.69, 9.17) is 10.8 Å². The Balaban J connectivity index is 0.000000269. The number of alkyl halides is 3. The Labute approximate surface area is 171 Å². The van der Waals surface area contributed by atoms with Gasteiger partial charge in [0.15, 0.2) is 0 Å². The second kappa shape index (κ2) is 8.86. The predicted octanol–water partition coefficient (Wildman–Crippen LogP) is 4.91. The van der Waals surface area contributed by atoms with Crippen molar-refractivity contribution in [2.75, 3.05) is 0 Å². The maximum absolute atomic E-state index is 13.0. The van der Waals surface area contributed by atoms with E-state index in [1.54, 1.807) is 19.1 Å². The van der Waals surface area contributed by atoms with Gasteiger partial charge in [-0.1, -0.05) is 29.8 Å². The van der Waals surface area contributed by atoms with Gasteiger partial charge in [0, 0.05) is 17.0 Å². The van der Waals surface area contributed by atoms with Crippen LogP contribution in [0.3, 0.4) is 0 Å². The molecule has 8 heteroatoms. The number of aromatic nitrogens is 1. The minimum Gasteiger partial charge on any atom is -0.478 e. The van der Waals surface area contributed by atoms with Crippen LogP contribution in [0.1, 0.15) is 43.2 Å². The van der Waals surface area contributed by atoms with Gasteiger partial charge in [0.25, 0.3) is 0 Å². The van der Waals surface area contributed by atoms with Gasteiger partial charge in [0.1, 0.15) is 0 Å². The van der Waals surface area contributed by atoms with E-state index in [-0.39, 0.29) is 22.9 Å². The van der Waals surface area contributed by atoms with Gasteiger partial charge in [0.2, 0.25) is 5.91 Å². The SMILES string of the molecule is Cc1cc(C(=O)O)c(C)n1-c1ccccc1C(F)(F)F.Cc1cccc(C(N)=O)c1. The van der Waals surface area contributed by atoms with E-state index >= 15 is 0 Å². The number of benzene rings is 2. The molecular formula is C22H21F3N2O3. The highest BCUT2D eigenvalue weighted by Crippen LogP contribution is 2.35. The lowest BCUT2D eigenvalue weighted by Crippen LogP contribution is -2.12. The third-order valence-electron chi connectivity index (χ3n) is 4.41. The van der Waals surface area contributed by atoms with E-state index in [0.717, 1.165) is 11.6 Å². The summed E-state index contributed by atoms with van der Waals surface area (Å²) in [5, 5.41) is 9.04. The monoisotopic (exact) mass is 418 g/mol. The number of nitrogens with two attached hydrogens (primary N) is 1. The summed E-state index contributed by atoms with van der Waals surface area (Å²) in [6, 6.07) is 13.7. The number of hydrogen-bond acceptors (Lipinski definition) is 2. The largest absolute Gasteiger partial charge is 0.478 e. The number of primary amides is 1. The highest BCUT2D eigenvalue weighted by Gasteiger charge is 2.34. The average Bonchev–Trinajstić information content (AvgIpc) is 2.96. The van der Waals surface area contributed by atoms with Gasteiger partial charge in [-0.3, -0.25) is 4.79 Å². The molecule has 5 nitrogen and oxygen atoms in total. The van der Waals surface area contributed by atoms with E-state index in [0.29, 0.717) is 11.3 Å². The quantitative estimate of drug-likeness (QED) is 0.634. The van der Waals surface area contributed by atoms with Gasteiger partial charge >= 0.3 is 12.1 Å². The molecular weight excluding hydrogens is 397 g/mol. The van der Waals surface area contributed by atoms with Crippen molar-refractivity contribution in [3.8, 4) is 5.69 Å². The second-order valence-electron chi connectivity index (χ2n) is 6.67. The lowest BCUT2D eigenvalue weighted by molar-refractivity contribution is -0.137. The van der Waals surface area contributed by atoms with Crippen molar-refractivity contribution in [3.05, 3.63) is 88.2 Å². The number of amides is 1. The third kappa shape index (κ3) is 5.08. The van der Waals surface area contributed by atoms with Crippen LogP contribution in [0.4, 0.5) is 13.2 Å². The van der Waals surface area contributed by atoms with Crippen LogP contribution in [0.15, 0.2) is 54.6 Å². The lowest BCUT2D eigenvalue weighted by Gasteiger charge is -2.16. The van der Waals surface area contributed by atoms with E-state index in [1.165, 1.54) is 35.8 Å². The Bertz CT molecular complexity index is 1090. The van der Waals surface area contributed by atoms with Gasteiger partial charge in [-0.15, -0.1) is 0 Å². The molecule has 0 aliphatic heterocycles. The number of aryl methyl sites for hydroxylation is 2. The summed E-state index contributed by atoms with van der Waals surface area (Å²) in [5.74, 6) is -1.53. The summed E-state index contributed by atoms with van der Waals surface area (Å²) < 4.78 is 40.4. The minimum absolute atomic E-state index is 0.000484. The summed E-state index contributed by atoms with van der Waals surface area (Å²) in [7, 11) is 0. The van der Waals surface area contributed by atoms with Gasteiger partial charge in [-0.05, 0) is 51.1 Å². The van der Waals surface area contributed by atoms with Crippen LogP contribution in [0.2, 0.25) is 0 Å². The third-order valence-corrected chi connectivity index (χ3v) is 4.41. The van der Waals surface area contributed by atoms with Gasteiger partial charge < -0.3 is 15.4 Å². The van der Waals surface area contributed by atoms with Gasteiger partial charge in [-0.25, -0.2) is 4.79 Å². The van der Waals surface area contributed by atoms with Crippen LogP contribution >= 0.6 is 0 Å². The van der Waals surface area contributed by atoms with Crippen LogP contribution in [0, 0.1) is 20.8 Å². The predicted molar refractivity (Wildman–Crippen MR) is 107 cm³/mol. The molecule has 3 aromatic rings. The molecule has 1 heterocycles. The summed E-state index contributed by atoms with van der Waals surface area (Å²) in [6.07, 6.45) is -4.50. The number of aromatic carboxylic acids is 1. The first-order valence-corrected chi connectivity index (χ1v) is 8.88. The molecule has 0 radical (unpaired) electrons. The number of carbonyl (C=O) groups excluding carboxylic acids is 1. The van der Waals surface area contributed by atoms with E-state index in [9.17, 15) is 22.8 Å². The fraction of sp³-hybridized carbons (Fsp3) is 0.182. The van der Waals surface area contributed by atoms with Crippen LogP contribution in [0.5, 0.6) is 0 Å². The Kier molecular flexibility index (Phi) is 6.71. The molecule has 0 bridgehead atoms. The Morgan fingerprint density at radius 3 is 2.07 bits per heavy atom. The van der Waals surface area contributed by atoms with Crippen LogP contribution in [-0.4, -0.2) is 21.6 Å². The van der Waals surface area contributed by atoms with Crippen molar-refractivity contribution in [2.45, 2.75) is 26.9 Å². The highest BCUT2D eigenvalue weighted by molar-refractivity contribution is 5.92. The topological polar surface area (TPSA) is 85.3 Å². The molecule has 1 aromatic heterocycles. The zero-order valence-electron chi connectivity index (χ0n) is 16.6. The highest BCUT2D eigenvalue weighted by atomic mass is 19.4. The molecule has 0 unspecified atom stereocenters. The summed E-state index contributed by atoms with van der Waals surface area (Å²) in [6.45, 7) is 4.99.